The molecule has 0 aromatic heterocycles. The van der Waals surface area contributed by atoms with E-state index in [2.05, 4.69) is 5.32 Å². The van der Waals surface area contributed by atoms with Crippen molar-refractivity contribution in [1.29, 1.82) is 0 Å². The first-order chi connectivity index (χ1) is 11.9. The Morgan fingerprint density at radius 1 is 1.48 bits per heavy atom. The van der Waals surface area contributed by atoms with Crippen molar-refractivity contribution >= 4 is 29.3 Å². The van der Waals surface area contributed by atoms with E-state index in [9.17, 15) is 9.59 Å². The van der Waals surface area contributed by atoms with Crippen LogP contribution < -0.4 is 11.1 Å². The normalized spacial score (nSPS) is 17.5. The van der Waals surface area contributed by atoms with Crippen LogP contribution in [0.2, 0.25) is 5.02 Å². The van der Waals surface area contributed by atoms with Crippen LogP contribution in [0.3, 0.4) is 0 Å². The minimum Gasteiger partial charge on any atom is -0.459 e. The summed E-state index contributed by atoms with van der Waals surface area (Å²) in [6.07, 6.45) is 0.405. The number of hydrogen-bond donors (Lipinski definition) is 2. The van der Waals surface area contributed by atoms with Crippen LogP contribution in [-0.2, 0) is 9.47 Å². The molecule has 1 aliphatic rings. The first-order valence-corrected chi connectivity index (χ1v) is 8.66. The number of morpholine rings is 1. The highest BCUT2D eigenvalue weighted by Crippen LogP contribution is 2.24. The molecule has 7 nitrogen and oxygen atoms in total. The lowest BCUT2D eigenvalue weighted by molar-refractivity contribution is -0.0146. The van der Waals surface area contributed by atoms with Gasteiger partial charge in [0.25, 0.3) is 0 Å². The number of esters is 1. The van der Waals surface area contributed by atoms with Gasteiger partial charge in [-0.05, 0) is 45.0 Å². The average molecular weight is 370 g/mol. The Morgan fingerprint density at radius 2 is 2.24 bits per heavy atom. The summed E-state index contributed by atoms with van der Waals surface area (Å²) in [6, 6.07) is 4.35. The lowest BCUT2D eigenvalue weighted by Gasteiger charge is -2.32. The summed E-state index contributed by atoms with van der Waals surface area (Å²) < 4.78 is 10.7. The number of rotatable bonds is 5. The highest BCUT2D eigenvalue weighted by Gasteiger charge is 2.24. The molecule has 3 N–H and O–H groups in total. The van der Waals surface area contributed by atoms with Gasteiger partial charge in [-0.2, -0.15) is 0 Å². The second-order valence-corrected chi connectivity index (χ2v) is 6.50. The maximum atomic E-state index is 12.5. The van der Waals surface area contributed by atoms with Gasteiger partial charge >= 0.3 is 12.0 Å². The second kappa shape index (κ2) is 9.03. The molecule has 1 atom stereocenters. The van der Waals surface area contributed by atoms with Gasteiger partial charge in [0.05, 0.1) is 35.1 Å². The van der Waals surface area contributed by atoms with E-state index in [1.807, 2.05) is 0 Å². The molecule has 25 heavy (non-hydrogen) atoms. The summed E-state index contributed by atoms with van der Waals surface area (Å²) in [6.45, 7) is 5.47. The topological polar surface area (TPSA) is 93.9 Å². The zero-order valence-electron chi connectivity index (χ0n) is 14.5. The third-order valence-corrected chi connectivity index (χ3v) is 4.03. The maximum absolute atomic E-state index is 12.5. The van der Waals surface area contributed by atoms with Gasteiger partial charge in [0.2, 0.25) is 0 Å². The fourth-order valence-corrected chi connectivity index (χ4v) is 2.65. The van der Waals surface area contributed by atoms with Crippen LogP contribution in [0, 0.1) is 0 Å². The molecule has 1 heterocycles. The number of hydrogen-bond acceptors (Lipinski definition) is 5. The molecule has 1 aromatic carbocycles. The number of halogens is 1. The van der Waals surface area contributed by atoms with Crippen LogP contribution in [-0.4, -0.2) is 55.3 Å². The third kappa shape index (κ3) is 5.59. The highest BCUT2D eigenvalue weighted by molar-refractivity contribution is 6.33. The van der Waals surface area contributed by atoms with E-state index in [0.717, 1.165) is 0 Å². The molecule has 138 valence electrons. The van der Waals surface area contributed by atoms with E-state index < -0.39 is 5.97 Å². The summed E-state index contributed by atoms with van der Waals surface area (Å²) in [5, 5.41) is 3.10. The van der Waals surface area contributed by atoms with E-state index in [0.29, 0.717) is 48.9 Å². The van der Waals surface area contributed by atoms with Gasteiger partial charge in [-0.15, -0.1) is 0 Å². The van der Waals surface area contributed by atoms with E-state index in [1.54, 1.807) is 30.9 Å². The summed E-state index contributed by atoms with van der Waals surface area (Å²) >= 11 is 6.14. The molecule has 0 spiro atoms. The molecule has 0 bridgehead atoms. The molecule has 0 aliphatic carbocycles. The zero-order valence-corrected chi connectivity index (χ0v) is 15.2. The molecule has 8 heteroatoms. The van der Waals surface area contributed by atoms with Gasteiger partial charge in [-0.1, -0.05) is 11.6 Å². The lowest BCUT2D eigenvalue weighted by atomic mass is 10.2. The second-order valence-electron chi connectivity index (χ2n) is 6.10. The van der Waals surface area contributed by atoms with Gasteiger partial charge in [0.15, 0.2) is 0 Å². The molecule has 2 rings (SSSR count). The Hall–Kier alpha value is -1.83. The summed E-state index contributed by atoms with van der Waals surface area (Å²) in [5.74, 6) is -0.462. The van der Waals surface area contributed by atoms with Crippen molar-refractivity contribution in [3.8, 4) is 0 Å². The molecular formula is C17H24ClN3O4. The molecule has 1 fully saturated rings. The van der Waals surface area contributed by atoms with Crippen LogP contribution in [0.4, 0.5) is 10.5 Å². The minimum atomic E-state index is -0.462. The monoisotopic (exact) mass is 369 g/mol. The van der Waals surface area contributed by atoms with Crippen LogP contribution in [0.1, 0.15) is 30.6 Å². The van der Waals surface area contributed by atoms with E-state index in [-0.39, 0.29) is 18.2 Å². The number of ether oxygens (including phenoxy) is 2. The lowest BCUT2D eigenvalue weighted by Crippen LogP contribution is -2.47. The number of amides is 2. The number of carbonyl (C=O) groups excluding carboxylic acids is 2. The SMILES string of the molecule is CC(C)OC(=O)c1ccc(Cl)c(NC(=O)N2CCO[C@H](CCN)C2)c1. The summed E-state index contributed by atoms with van der Waals surface area (Å²) in [5.41, 5.74) is 6.24. The van der Waals surface area contributed by atoms with Gasteiger partial charge < -0.3 is 25.4 Å². The average Bonchev–Trinajstić information content (AvgIpc) is 2.56. The van der Waals surface area contributed by atoms with Gasteiger partial charge in [-0.3, -0.25) is 0 Å². The van der Waals surface area contributed by atoms with Gasteiger partial charge in [-0.25, -0.2) is 9.59 Å². The number of anilines is 1. The molecule has 0 unspecified atom stereocenters. The molecule has 0 saturated carbocycles. The first kappa shape index (κ1) is 19.5. The van der Waals surface area contributed by atoms with Crippen molar-refractivity contribution in [1.82, 2.24) is 4.90 Å². The van der Waals surface area contributed by atoms with Crippen molar-refractivity contribution in [3.63, 3.8) is 0 Å². The van der Waals surface area contributed by atoms with Crippen molar-refractivity contribution in [2.45, 2.75) is 32.5 Å². The minimum absolute atomic E-state index is 0.0627. The zero-order chi connectivity index (χ0) is 18.4. The molecule has 2 amide bonds. The molecular weight excluding hydrogens is 346 g/mol. The predicted molar refractivity (Wildman–Crippen MR) is 96.0 cm³/mol. The number of nitrogens with two attached hydrogens (primary N) is 1. The van der Waals surface area contributed by atoms with Crippen LogP contribution in [0.15, 0.2) is 18.2 Å². The maximum Gasteiger partial charge on any atom is 0.338 e. The van der Waals surface area contributed by atoms with E-state index >= 15 is 0 Å². The predicted octanol–water partition coefficient (Wildman–Crippen LogP) is 2.49. The first-order valence-electron chi connectivity index (χ1n) is 8.28. The smallest absolute Gasteiger partial charge is 0.338 e. The van der Waals surface area contributed by atoms with Crippen molar-refractivity contribution < 1.29 is 19.1 Å². The Balaban J connectivity index is 2.05. The molecule has 1 aromatic rings. The van der Waals surface area contributed by atoms with Crippen molar-refractivity contribution in [2.24, 2.45) is 5.73 Å². The largest absolute Gasteiger partial charge is 0.459 e. The van der Waals surface area contributed by atoms with E-state index in [1.165, 1.54) is 6.07 Å². The standard InChI is InChI=1S/C17H24ClN3O4/c1-11(2)25-16(22)12-3-4-14(18)15(9-12)20-17(23)21-7-8-24-13(10-21)5-6-19/h3-4,9,11,13H,5-8,10,19H2,1-2H3,(H,20,23)/t13-/m1/s1. The Bertz CT molecular complexity index is 622. The van der Waals surface area contributed by atoms with Crippen LogP contribution in [0.25, 0.3) is 0 Å². The van der Waals surface area contributed by atoms with Crippen molar-refractivity contribution in [3.05, 3.63) is 28.8 Å². The number of urea groups is 1. The molecule has 1 saturated heterocycles. The van der Waals surface area contributed by atoms with Gasteiger partial charge in [0, 0.05) is 13.1 Å². The van der Waals surface area contributed by atoms with Gasteiger partial charge in [0.1, 0.15) is 0 Å². The number of nitrogens with one attached hydrogen (secondary N) is 1. The summed E-state index contributed by atoms with van der Waals surface area (Å²) in [7, 11) is 0. The molecule has 1 aliphatic heterocycles. The fourth-order valence-electron chi connectivity index (χ4n) is 2.49. The Morgan fingerprint density at radius 3 is 2.92 bits per heavy atom. The fraction of sp³-hybridized carbons (Fsp3) is 0.529. The Labute approximate surface area is 152 Å². The third-order valence-electron chi connectivity index (χ3n) is 3.70. The quantitative estimate of drug-likeness (QED) is 0.777. The Kier molecular flexibility index (Phi) is 7.04. The summed E-state index contributed by atoms with van der Waals surface area (Å²) in [4.78, 5) is 26.1. The number of carbonyl (C=O) groups is 2. The number of benzene rings is 1. The van der Waals surface area contributed by atoms with Crippen LogP contribution >= 0.6 is 11.6 Å². The van der Waals surface area contributed by atoms with E-state index in [4.69, 9.17) is 26.8 Å². The van der Waals surface area contributed by atoms with Crippen LogP contribution in [0.5, 0.6) is 0 Å². The number of nitrogens with zero attached hydrogens (tertiary/aromatic N) is 1. The highest BCUT2D eigenvalue weighted by atomic mass is 35.5. The van der Waals surface area contributed by atoms with Crippen molar-refractivity contribution in [2.75, 3.05) is 31.6 Å². The molecule has 0 radical (unpaired) electrons.